The van der Waals surface area contributed by atoms with Crippen LogP contribution in [0.25, 0.3) is 33.3 Å². The fourth-order valence-corrected chi connectivity index (χ4v) is 4.40. The van der Waals surface area contributed by atoms with Crippen molar-refractivity contribution in [3.05, 3.63) is 109 Å². The highest BCUT2D eigenvalue weighted by molar-refractivity contribution is 5.80. The molecule has 2 heteroatoms. The second-order valence-electron chi connectivity index (χ2n) is 7.50. The quantitative estimate of drug-likeness (QED) is 0.353. The van der Waals surface area contributed by atoms with E-state index in [9.17, 15) is 0 Å². The molecule has 134 valence electrons. The van der Waals surface area contributed by atoms with Crippen LogP contribution in [0.15, 0.2) is 103 Å². The van der Waals surface area contributed by atoms with Gasteiger partial charge < -0.3 is 0 Å². The molecule has 4 aromatic carbocycles. The predicted molar refractivity (Wildman–Crippen MR) is 115 cm³/mol. The van der Waals surface area contributed by atoms with E-state index in [0.29, 0.717) is 6.04 Å². The highest BCUT2D eigenvalue weighted by Gasteiger charge is 2.32. The summed E-state index contributed by atoms with van der Waals surface area (Å²) in [7, 11) is 0. The first-order valence-electron chi connectivity index (χ1n) is 9.80. The third-order valence-corrected chi connectivity index (χ3v) is 5.90. The first-order valence-corrected chi connectivity index (χ1v) is 9.80. The summed E-state index contributed by atoms with van der Waals surface area (Å²) in [5.41, 5.74) is 9.14. The van der Waals surface area contributed by atoms with Gasteiger partial charge in [0, 0.05) is 0 Å². The lowest BCUT2D eigenvalue weighted by Crippen LogP contribution is -2.41. The molecule has 2 nitrogen and oxygen atoms in total. The topological polar surface area (TPSA) is 9.86 Å². The molecule has 0 amide bonds. The number of benzene rings is 4. The van der Waals surface area contributed by atoms with Gasteiger partial charge in [-0.05, 0) is 46.0 Å². The van der Waals surface area contributed by atoms with Gasteiger partial charge in [-0.3, -0.25) is 9.36 Å². The molecule has 1 aliphatic rings. The van der Waals surface area contributed by atoms with E-state index < -0.39 is 0 Å². The van der Waals surface area contributed by atoms with Crippen molar-refractivity contribution in [1.29, 1.82) is 0 Å². The SMILES string of the molecule is c1ccc(-c2ccc(-c3cccc(C4Cn5c6ccccc6n54)c3)cc2)cc1. The van der Waals surface area contributed by atoms with Crippen molar-refractivity contribution < 1.29 is 0 Å². The van der Waals surface area contributed by atoms with E-state index >= 15 is 0 Å². The summed E-state index contributed by atoms with van der Waals surface area (Å²) in [5, 5.41) is 0. The van der Waals surface area contributed by atoms with Crippen molar-refractivity contribution in [3.63, 3.8) is 0 Å². The Labute approximate surface area is 164 Å². The fraction of sp³-hybridized carbons (Fsp3) is 0.0769. The average molecular weight is 360 g/mol. The highest BCUT2D eigenvalue weighted by Crippen LogP contribution is 2.38. The van der Waals surface area contributed by atoms with Crippen molar-refractivity contribution in [2.75, 3.05) is 0 Å². The van der Waals surface area contributed by atoms with E-state index in [2.05, 4.69) is 112 Å². The first-order chi connectivity index (χ1) is 13.9. The molecule has 6 rings (SSSR count). The molecule has 0 saturated heterocycles. The maximum Gasteiger partial charge on any atom is 0.0952 e. The summed E-state index contributed by atoms with van der Waals surface area (Å²) in [6.07, 6.45) is 0. The van der Waals surface area contributed by atoms with E-state index in [1.54, 1.807) is 0 Å². The van der Waals surface area contributed by atoms with Crippen LogP contribution in [0.1, 0.15) is 11.6 Å². The molecule has 1 aromatic heterocycles. The van der Waals surface area contributed by atoms with Crippen LogP contribution in [0.4, 0.5) is 0 Å². The number of para-hydroxylation sites is 2. The van der Waals surface area contributed by atoms with Crippen LogP contribution in [0.3, 0.4) is 0 Å². The van der Waals surface area contributed by atoms with E-state index in [-0.39, 0.29) is 0 Å². The number of hydrogen-bond acceptors (Lipinski definition) is 0. The number of aromatic nitrogens is 2. The van der Waals surface area contributed by atoms with E-state index in [1.165, 1.54) is 38.9 Å². The molecule has 0 aliphatic carbocycles. The van der Waals surface area contributed by atoms with Crippen LogP contribution in [-0.2, 0) is 6.54 Å². The van der Waals surface area contributed by atoms with Gasteiger partial charge in [0.15, 0.2) is 0 Å². The van der Waals surface area contributed by atoms with Crippen LogP contribution in [0.2, 0.25) is 0 Å². The molecule has 0 bridgehead atoms. The zero-order valence-corrected chi connectivity index (χ0v) is 15.5. The molecule has 28 heavy (non-hydrogen) atoms. The number of hydrogen-bond donors (Lipinski definition) is 0. The van der Waals surface area contributed by atoms with Crippen LogP contribution >= 0.6 is 0 Å². The molecule has 1 atom stereocenters. The molecule has 1 aliphatic heterocycles. The lowest BCUT2D eigenvalue weighted by atomic mass is 9.95. The fourth-order valence-electron chi connectivity index (χ4n) is 4.40. The third-order valence-electron chi connectivity index (χ3n) is 5.90. The Bertz CT molecular complexity index is 1270. The van der Waals surface area contributed by atoms with Gasteiger partial charge in [0.1, 0.15) is 0 Å². The minimum Gasteiger partial charge on any atom is -0.280 e. The van der Waals surface area contributed by atoms with Crippen LogP contribution in [0, 0.1) is 0 Å². The van der Waals surface area contributed by atoms with Crippen LogP contribution in [0.5, 0.6) is 0 Å². The van der Waals surface area contributed by atoms with Crippen molar-refractivity contribution in [3.8, 4) is 22.3 Å². The zero-order valence-electron chi connectivity index (χ0n) is 15.5. The summed E-state index contributed by atoms with van der Waals surface area (Å²) in [6.45, 7) is 1.06. The van der Waals surface area contributed by atoms with Crippen molar-refractivity contribution in [2.24, 2.45) is 0 Å². The molecule has 5 aromatic rings. The number of rotatable bonds is 3. The summed E-state index contributed by atoms with van der Waals surface area (Å²) in [5.74, 6) is 0. The monoisotopic (exact) mass is 360 g/mol. The Hall–Kier alpha value is -3.52. The minimum atomic E-state index is 0.443. The molecule has 0 saturated carbocycles. The Balaban J connectivity index is 1.32. The zero-order chi connectivity index (χ0) is 18.5. The molecule has 2 heterocycles. The van der Waals surface area contributed by atoms with Gasteiger partial charge in [0.2, 0.25) is 0 Å². The summed E-state index contributed by atoms with van der Waals surface area (Å²) in [6, 6.07) is 37.5. The van der Waals surface area contributed by atoms with Gasteiger partial charge in [-0.1, -0.05) is 84.9 Å². The Morgan fingerprint density at radius 1 is 0.536 bits per heavy atom. The molecular weight excluding hydrogens is 340 g/mol. The lowest BCUT2D eigenvalue weighted by Gasteiger charge is -2.43. The van der Waals surface area contributed by atoms with Gasteiger partial charge in [-0.2, -0.15) is 0 Å². The summed E-state index contributed by atoms with van der Waals surface area (Å²) < 4.78 is 4.77. The number of fused-ring (bicyclic) bond motifs is 4. The smallest absolute Gasteiger partial charge is 0.0952 e. The van der Waals surface area contributed by atoms with E-state index in [4.69, 9.17) is 0 Å². The Kier molecular flexibility index (Phi) is 3.33. The van der Waals surface area contributed by atoms with Gasteiger partial charge in [-0.25, -0.2) is 0 Å². The van der Waals surface area contributed by atoms with Gasteiger partial charge in [0.05, 0.1) is 23.6 Å². The van der Waals surface area contributed by atoms with Crippen molar-refractivity contribution >= 4 is 11.0 Å². The normalized spacial score (nSPS) is 15.4. The van der Waals surface area contributed by atoms with E-state index in [1.807, 2.05) is 0 Å². The molecule has 0 fully saturated rings. The number of nitrogens with zero attached hydrogens (tertiary/aromatic N) is 2. The molecule has 0 radical (unpaired) electrons. The maximum absolute atomic E-state index is 2.41. The summed E-state index contributed by atoms with van der Waals surface area (Å²) >= 11 is 0. The average Bonchev–Trinajstić information content (AvgIpc) is 2.75. The van der Waals surface area contributed by atoms with Gasteiger partial charge >= 0.3 is 0 Å². The van der Waals surface area contributed by atoms with Crippen molar-refractivity contribution in [1.82, 2.24) is 9.36 Å². The Morgan fingerprint density at radius 3 is 1.93 bits per heavy atom. The molecular formula is C26H20N2. The van der Waals surface area contributed by atoms with Crippen molar-refractivity contribution in [2.45, 2.75) is 12.6 Å². The minimum absolute atomic E-state index is 0.443. The summed E-state index contributed by atoms with van der Waals surface area (Å²) in [4.78, 5) is 0. The van der Waals surface area contributed by atoms with Gasteiger partial charge in [0.25, 0.3) is 0 Å². The second kappa shape index (κ2) is 6.00. The second-order valence-corrected chi connectivity index (χ2v) is 7.50. The lowest BCUT2D eigenvalue weighted by molar-refractivity contribution is 0.255. The predicted octanol–water partition coefficient (Wildman–Crippen LogP) is 6.38. The molecule has 1 unspecified atom stereocenters. The highest BCUT2D eigenvalue weighted by atomic mass is 15.5. The van der Waals surface area contributed by atoms with Crippen LogP contribution in [-0.4, -0.2) is 9.36 Å². The Morgan fingerprint density at radius 2 is 1.14 bits per heavy atom. The maximum atomic E-state index is 2.41. The standard InChI is InChI=1S/C26H20N2/c1-2-7-19(8-3-1)20-13-15-21(16-14-20)22-9-6-10-23(17-22)26-18-27-24-11-4-5-12-25(24)28(26)27/h1-17,26H,18H2. The van der Waals surface area contributed by atoms with Crippen LogP contribution < -0.4 is 0 Å². The van der Waals surface area contributed by atoms with Gasteiger partial charge in [-0.15, -0.1) is 0 Å². The third kappa shape index (κ3) is 2.28. The van der Waals surface area contributed by atoms with E-state index in [0.717, 1.165) is 6.54 Å². The largest absolute Gasteiger partial charge is 0.280 e. The molecule has 0 N–H and O–H groups in total. The first kappa shape index (κ1) is 15.5. The molecule has 0 spiro atoms.